The van der Waals surface area contributed by atoms with E-state index in [4.69, 9.17) is 0 Å². The van der Waals surface area contributed by atoms with Crippen molar-refractivity contribution in [2.75, 3.05) is 4.72 Å². The standard InChI is InChI=1S/C20H16FN5O3S2/c1-13-18(19(27)26(24-13)16-6-2-14(21)3-7-16)12-23-15-4-8-17(9-5-15)31(28,29)25-20-22-10-11-30-20/h2-12,24H,1H3,(H,22,25). The molecule has 0 aliphatic carbocycles. The Bertz CT molecular complexity index is 1390. The van der Waals surface area contributed by atoms with Crippen molar-refractivity contribution in [2.45, 2.75) is 11.8 Å². The molecule has 0 saturated heterocycles. The average Bonchev–Trinajstić information content (AvgIpc) is 3.35. The minimum absolute atomic E-state index is 0.0677. The zero-order valence-electron chi connectivity index (χ0n) is 16.1. The number of thiazole rings is 1. The average molecular weight is 458 g/mol. The van der Waals surface area contributed by atoms with E-state index >= 15 is 0 Å². The summed E-state index contributed by atoms with van der Waals surface area (Å²) in [6, 6.07) is 11.4. The van der Waals surface area contributed by atoms with Crippen molar-refractivity contribution in [3.63, 3.8) is 0 Å². The first kappa shape index (κ1) is 20.7. The van der Waals surface area contributed by atoms with Gasteiger partial charge in [-0.2, -0.15) is 0 Å². The first-order valence-electron chi connectivity index (χ1n) is 8.97. The molecular weight excluding hydrogens is 441 g/mol. The summed E-state index contributed by atoms with van der Waals surface area (Å²) in [6.07, 6.45) is 2.92. The Labute approximate surface area is 180 Å². The lowest BCUT2D eigenvalue weighted by Gasteiger charge is -2.05. The second-order valence-corrected chi connectivity index (χ2v) is 9.04. The molecule has 0 aliphatic rings. The molecule has 0 bridgehead atoms. The van der Waals surface area contributed by atoms with Crippen molar-refractivity contribution in [1.82, 2.24) is 14.8 Å². The number of aryl methyl sites for hydroxylation is 1. The van der Waals surface area contributed by atoms with E-state index < -0.39 is 15.8 Å². The number of hydrogen-bond donors (Lipinski definition) is 2. The van der Waals surface area contributed by atoms with Gasteiger partial charge in [0.1, 0.15) is 5.82 Å². The number of aliphatic imine (C=N–C) groups is 1. The Hall–Kier alpha value is -3.57. The maximum atomic E-state index is 13.1. The molecule has 0 spiro atoms. The summed E-state index contributed by atoms with van der Waals surface area (Å²) < 4.78 is 41.6. The molecule has 2 aromatic carbocycles. The van der Waals surface area contributed by atoms with Crippen LogP contribution < -0.4 is 10.3 Å². The maximum absolute atomic E-state index is 13.1. The maximum Gasteiger partial charge on any atom is 0.280 e. The fourth-order valence-electron chi connectivity index (χ4n) is 2.78. The number of sulfonamides is 1. The van der Waals surface area contributed by atoms with Gasteiger partial charge in [-0.15, -0.1) is 11.3 Å². The fraction of sp³-hybridized carbons (Fsp3) is 0.0500. The number of aromatic nitrogens is 3. The summed E-state index contributed by atoms with van der Waals surface area (Å²) in [7, 11) is -3.75. The highest BCUT2D eigenvalue weighted by molar-refractivity contribution is 7.93. The van der Waals surface area contributed by atoms with Crippen LogP contribution in [0.25, 0.3) is 5.69 Å². The number of nitrogens with one attached hydrogen (secondary N) is 2. The predicted molar refractivity (Wildman–Crippen MR) is 118 cm³/mol. The molecule has 4 aromatic rings. The third-order valence-corrected chi connectivity index (χ3v) is 6.52. The molecule has 4 rings (SSSR count). The summed E-state index contributed by atoms with van der Waals surface area (Å²) in [6.45, 7) is 1.72. The molecule has 158 valence electrons. The van der Waals surface area contributed by atoms with Crippen LogP contribution in [0.2, 0.25) is 0 Å². The van der Waals surface area contributed by atoms with Gasteiger partial charge in [0.05, 0.1) is 21.8 Å². The molecule has 0 unspecified atom stereocenters. The van der Waals surface area contributed by atoms with Crippen LogP contribution in [0.15, 0.2) is 74.8 Å². The van der Waals surface area contributed by atoms with Crippen LogP contribution in [0.4, 0.5) is 15.2 Å². The molecule has 2 heterocycles. The van der Waals surface area contributed by atoms with Gasteiger partial charge in [-0.1, -0.05) is 0 Å². The van der Waals surface area contributed by atoms with Crippen LogP contribution in [-0.2, 0) is 10.0 Å². The second-order valence-electron chi connectivity index (χ2n) is 6.46. The second kappa shape index (κ2) is 8.28. The van der Waals surface area contributed by atoms with Gasteiger partial charge >= 0.3 is 0 Å². The topological polar surface area (TPSA) is 109 Å². The first-order valence-corrected chi connectivity index (χ1v) is 11.3. The van der Waals surface area contributed by atoms with Gasteiger partial charge in [0.25, 0.3) is 15.6 Å². The van der Waals surface area contributed by atoms with E-state index in [1.807, 2.05) is 0 Å². The monoisotopic (exact) mass is 457 g/mol. The van der Waals surface area contributed by atoms with Gasteiger partial charge in [-0.05, 0) is 55.5 Å². The van der Waals surface area contributed by atoms with Crippen molar-refractivity contribution in [3.05, 3.63) is 87.5 Å². The van der Waals surface area contributed by atoms with Crippen molar-refractivity contribution in [1.29, 1.82) is 0 Å². The van der Waals surface area contributed by atoms with Crippen molar-refractivity contribution in [3.8, 4) is 5.69 Å². The van der Waals surface area contributed by atoms with Crippen molar-refractivity contribution < 1.29 is 12.8 Å². The molecule has 2 aromatic heterocycles. The van der Waals surface area contributed by atoms with Gasteiger partial charge in [0, 0.05) is 23.5 Å². The Morgan fingerprint density at radius 1 is 1.16 bits per heavy atom. The molecule has 8 nitrogen and oxygen atoms in total. The smallest absolute Gasteiger partial charge is 0.280 e. The van der Waals surface area contributed by atoms with E-state index in [0.29, 0.717) is 22.6 Å². The van der Waals surface area contributed by atoms with E-state index in [0.717, 1.165) is 0 Å². The highest BCUT2D eigenvalue weighted by Gasteiger charge is 2.15. The Morgan fingerprint density at radius 3 is 2.52 bits per heavy atom. The van der Waals surface area contributed by atoms with Crippen molar-refractivity contribution >= 4 is 38.4 Å². The SMILES string of the molecule is Cc1[nH]n(-c2ccc(F)cc2)c(=O)c1C=Nc1ccc(S(=O)(=O)Nc2nccs2)cc1. The number of halogens is 1. The van der Waals surface area contributed by atoms with Crippen LogP contribution in [0.1, 0.15) is 11.3 Å². The molecule has 0 saturated carbocycles. The molecule has 2 N–H and O–H groups in total. The summed E-state index contributed by atoms with van der Waals surface area (Å²) in [5.74, 6) is -0.394. The lowest BCUT2D eigenvalue weighted by molar-refractivity contribution is 0.601. The zero-order chi connectivity index (χ0) is 22.0. The predicted octanol–water partition coefficient (Wildman–Crippen LogP) is 3.62. The summed E-state index contributed by atoms with van der Waals surface area (Å²) in [5, 5.41) is 4.88. The number of aromatic amines is 1. The number of hydrogen-bond acceptors (Lipinski definition) is 6. The number of anilines is 1. The molecular formula is C20H16FN5O3S2. The number of H-pyrrole nitrogens is 1. The minimum atomic E-state index is -3.75. The first-order chi connectivity index (χ1) is 14.8. The third kappa shape index (κ3) is 4.47. The quantitative estimate of drug-likeness (QED) is 0.431. The van der Waals surface area contributed by atoms with Crippen molar-refractivity contribution in [2.24, 2.45) is 4.99 Å². The number of rotatable bonds is 6. The third-order valence-electron chi connectivity index (χ3n) is 4.35. The molecule has 0 fully saturated rings. The van der Waals surface area contributed by atoms with Gasteiger partial charge in [0.2, 0.25) is 0 Å². The Balaban J connectivity index is 1.55. The van der Waals surface area contributed by atoms with Crippen LogP contribution in [0.5, 0.6) is 0 Å². The molecule has 0 atom stereocenters. The van der Waals surface area contributed by atoms with Crippen LogP contribution in [0.3, 0.4) is 0 Å². The summed E-state index contributed by atoms with van der Waals surface area (Å²) >= 11 is 1.18. The van der Waals surface area contributed by atoms with E-state index in [1.54, 1.807) is 12.3 Å². The minimum Gasteiger partial charge on any atom is -0.295 e. The Morgan fingerprint density at radius 2 is 1.87 bits per heavy atom. The molecule has 0 amide bonds. The van der Waals surface area contributed by atoms with Gasteiger partial charge in [-0.3, -0.25) is 19.6 Å². The highest BCUT2D eigenvalue weighted by atomic mass is 32.2. The molecule has 0 aliphatic heterocycles. The van der Waals surface area contributed by atoms with Gasteiger partial charge in [-0.25, -0.2) is 22.5 Å². The van der Waals surface area contributed by atoms with E-state index in [2.05, 4.69) is 19.8 Å². The van der Waals surface area contributed by atoms with Crippen LogP contribution in [-0.4, -0.2) is 29.4 Å². The molecule has 0 radical (unpaired) electrons. The summed E-state index contributed by atoms with van der Waals surface area (Å²) in [5.41, 5.74) is 1.56. The largest absolute Gasteiger partial charge is 0.295 e. The number of benzene rings is 2. The molecule has 31 heavy (non-hydrogen) atoms. The Kier molecular flexibility index (Phi) is 5.53. The van der Waals surface area contributed by atoms with Gasteiger partial charge < -0.3 is 0 Å². The fourth-order valence-corrected chi connectivity index (χ4v) is 4.57. The molecule has 11 heteroatoms. The van der Waals surface area contributed by atoms with Crippen LogP contribution >= 0.6 is 11.3 Å². The normalized spacial score (nSPS) is 11.8. The van der Waals surface area contributed by atoms with E-state index in [9.17, 15) is 17.6 Å². The highest BCUT2D eigenvalue weighted by Crippen LogP contribution is 2.20. The zero-order valence-corrected chi connectivity index (χ0v) is 17.7. The lowest BCUT2D eigenvalue weighted by Crippen LogP contribution is -2.17. The lowest BCUT2D eigenvalue weighted by atomic mass is 10.2. The van der Waals surface area contributed by atoms with Crippen LogP contribution in [0, 0.1) is 12.7 Å². The van der Waals surface area contributed by atoms with E-state index in [-0.39, 0.29) is 15.6 Å². The van der Waals surface area contributed by atoms with E-state index in [1.165, 1.54) is 77.0 Å². The number of nitrogens with zero attached hydrogens (tertiary/aromatic N) is 3. The van der Waals surface area contributed by atoms with Gasteiger partial charge in [0.15, 0.2) is 5.13 Å². The summed E-state index contributed by atoms with van der Waals surface area (Å²) in [4.78, 5) is 20.9.